The van der Waals surface area contributed by atoms with E-state index in [1.165, 1.54) is 89.9 Å². The van der Waals surface area contributed by atoms with Crippen LogP contribution in [0.25, 0.3) is 0 Å². The Kier molecular flexibility index (Phi) is 21.0. The lowest BCUT2D eigenvalue weighted by Gasteiger charge is -2.03. The van der Waals surface area contributed by atoms with Crippen LogP contribution in [0.5, 0.6) is 0 Å². The highest BCUT2D eigenvalue weighted by Gasteiger charge is 1.96. The summed E-state index contributed by atoms with van der Waals surface area (Å²) in [5.41, 5.74) is 5.11. The average Bonchev–Trinajstić information content (AvgIpc) is 2.43. The van der Waals surface area contributed by atoms with Gasteiger partial charge in [0.1, 0.15) is 0 Å². The SMILES string of the molecule is CCCCCCCCCCCCCCCCCC(N)=O.O. The lowest BCUT2D eigenvalue weighted by Crippen LogP contribution is -2.09. The van der Waals surface area contributed by atoms with Crippen molar-refractivity contribution < 1.29 is 10.3 Å². The second kappa shape index (κ2) is 19.4. The molecule has 0 unspecified atom stereocenters. The van der Waals surface area contributed by atoms with Gasteiger partial charge in [-0.1, -0.05) is 96.8 Å². The van der Waals surface area contributed by atoms with Crippen molar-refractivity contribution in [2.24, 2.45) is 5.73 Å². The van der Waals surface area contributed by atoms with E-state index in [1.54, 1.807) is 0 Å². The molecule has 0 fully saturated rings. The van der Waals surface area contributed by atoms with E-state index in [-0.39, 0.29) is 11.4 Å². The van der Waals surface area contributed by atoms with Gasteiger partial charge in [0.2, 0.25) is 5.91 Å². The van der Waals surface area contributed by atoms with Crippen LogP contribution in [0, 0.1) is 0 Å². The quantitative estimate of drug-likeness (QED) is 0.404. The molecule has 0 radical (unpaired) electrons. The first-order chi connectivity index (χ1) is 9.77. The van der Waals surface area contributed by atoms with Crippen molar-refractivity contribution in [1.29, 1.82) is 0 Å². The standard InChI is InChI=1S/C18H37NO.H2O/c1-2-3-4-5-6-7-8-9-10-11-12-13-14-15-16-17-18(19)20;/h2-17H2,1H3,(H2,19,20);1H2. The molecule has 0 bridgehead atoms. The van der Waals surface area contributed by atoms with Gasteiger partial charge in [0, 0.05) is 6.42 Å². The first-order valence-corrected chi connectivity index (χ1v) is 9.05. The van der Waals surface area contributed by atoms with E-state index >= 15 is 0 Å². The van der Waals surface area contributed by atoms with E-state index in [9.17, 15) is 4.79 Å². The van der Waals surface area contributed by atoms with E-state index < -0.39 is 0 Å². The summed E-state index contributed by atoms with van der Waals surface area (Å²) in [7, 11) is 0. The van der Waals surface area contributed by atoms with Crippen LogP contribution in [-0.2, 0) is 4.79 Å². The molecule has 0 rings (SSSR count). The van der Waals surface area contributed by atoms with Gasteiger partial charge >= 0.3 is 0 Å². The summed E-state index contributed by atoms with van der Waals surface area (Å²) in [6.07, 6.45) is 20.9. The molecular formula is C18H39NO2. The monoisotopic (exact) mass is 301 g/mol. The van der Waals surface area contributed by atoms with Crippen molar-refractivity contribution in [2.75, 3.05) is 0 Å². The number of unbranched alkanes of at least 4 members (excludes halogenated alkanes) is 14. The molecule has 3 nitrogen and oxygen atoms in total. The Morgan fingerprint density at radius 1 is 0.619 bits per heavy atom. The molecule has 0 aliphatic rings. The number of amides is 1. The third-order valence-electron chi connectivity index (χ3n) is 4.03. The molecule has 0 aromatic heterocycles. The second-order valence-electron chi connectivity index (χ2n) is 6.17. The minimum atomic E-state index is -0.153. The van der Waals surface area contributed by atoms with Crippen LogP contribution in [0.2, 0.25) is 0 Å². The first kappa shape index (κ1) is 22.7. The Balaban J connectivity index is 0. The van der Waals surface area contributed by atoms with Gasteiger partial charge in [-0.05, 0) is 6.42 Å². The maximum absolute atomic E-state index is 10.6. The zero-order valence-electron chi connectivity index (χ0n) is 14.3. The van der Waals surface area contributed by atoms with Crippen molar-refractivity contribution in [1.82, 2.24) is 0 Å². The minimum absolute atomic E-state index is 0. The molecule has 21 heavy (non-hydrogen) atoms. The van der Waals surface area contributed by atoms with E-state index in [2.05, 4.69) is 6.92 Å². The molecular weight excluding hydrogens is 262 g/mol. The fourth-order valence-corrected chi connectivity index (χ4v) is 2.67. The summed E-state index contributed by atoms with van der Waals surface area (Å²) >= 11 is 0. The predicted octanol–water partition coefficient (Wildman–Crippen LogP) is 4.91. The molecule has 0 aliphatic heterocycles. The number of nitrogens with two attached hydrogens (primary N) is 1. The number of hydrogen-bond acceptors (Lipinski definition) is 1. The Morgan fingerprint density at radius 3 is 1.19 bits per heavy atom. The highest BCUT2D eigenvalue weighted by atomic mass is 16.1. The Labute approximate surface area is 132 Å². The summed E-state index contributed by atoms with van der Waals surface area (Å²) in [6, 6.07) is 0. The van der Waals surface area contributed by atoms with Gasteiger partial charge in [-0.3, -0.25) is 4.79 Å². The number of primary amides is 1. The molecule has 0 aliphatic carbocycles. The molecule has 3 heteroatoms. The van der Waals surface area contributed by atoms with Gasteiger partial charge in [-0.25, -0.2) is 0 Å². The summed E-state index contributed by atoms with van der Waals surface area (Å²) in [6.45, 7) is 2.28. The molecule has 0 aromatic carbocycles. The van der Waals surface area contributed by atoms with Gasteiger partial charge in [0.15, 0.2) is 0 Å². The molecule has 4 N–H and O–H groups in total. The summed E-state index contributed by atoms with van der Waals surface area (Å²) in [5.74, 6) is -0.153. The number of rotatable bonds is 16. The number of hydrogen-bond donors (Lipinski definition) is 1. The maximum atomic E-state index is 10.6. The third-order valence-corrected chi connectivity index (χ3v) is 4.03. The smallest absolute Gasteiger partial charge is 0.217 e. The zero-order chi connectivity index (χ0) is 14.9. The molecule has 128 valence electrons. The topological polar surface area (TPSA) is 74.6 Å². The summed E-state index contributed by atoms with van der Waals surface area (Å²) in [5, 5.41) is 0. The lowest BCUT2D eigenvalue weighted by molar-refractivity contribution is -0.118. The third kappa shape index (κ3) is 21.9. The average molecular weight is 302 g/mol. The van der Waals surface area contributed by atoms with E-state index in [0.717, 1.165) is 6.42 Å². The van der Waals surface area contributed by atoms with Gasteiger partial charge < -0.3 is 11.2 Å². The van der Waals surface area contributed by atoms with Gasteiger partial charge in [0.25, 0.3) is 0 Å². The molecule has 0 aromatic rings. The van der Waals surface area contributed by atoms with E-state index in [1.807, 2.05) is 0 Å². The normalized spacial score (nSPS) is 10.3. The highest BCUT2D eigenvalue weighted by molar-refractivity contribution is 5.73. The molecule has 1 amide bonds. The predicted molar refractivity (Wildman–Crippen MR) is 92.4 cm³/mol. The van der Waals surface area contributed by atoms with Crippen LogP contribution >= 0.6 is 0 Å². The number of carbonyl (C=O) groups excluding carboxylic acids is 1. The van der Waals surface area contributed by atoms with Crippen molar-refractivity contribution in [2.45, 2.75) is 110 Å². The van der Waals surface area contributed by atoms with Crippen LogP contribution in [0.3, 0.4) is 0 Å². The molecule has 0 saturated heterocycles. The van der Waals surface area contributed by atoms with Gasteiger partial charge in [-0.2, -0.15) is 0 Å². The number of carbonyl (C=O) groups is 1. The molecule has 0 spiro atoms. The fraction of sp³-hybridized carbons (Fsp3) is 0.944. The summed E-state index contributed by atoms with van der Waals surface area (Å²) in [4.78, 5) is 10.6. The minimum Gasteiger partial charge on any atom is -0.412 e. The Hall–Kier alpha value is -0.570. The van der Waals surface area contributed by atoms with Crippen LogP contribution in [0.15, 0.2) is 0 Å². The fourth-order valence-electron chi connectivity index (χ4n) is 2.67. The van der Waals surface area contributed by atoms with Crippen molar-refractivity contribution >= 4 is 5.91 Å². The zero-order valence-corrected chi connectivity index (χ0v) is 14.3. The second-order valence-corrected chi connectivity index (χ2v) is 6.17. The summed E-state index contributed by atoms with van der Waals surface area (Å²) < 4.78 is 0. The van der Waals surface area contributed by atoms with Crippen LogP contribution in [-0.4, -0.2) is 11.4 Å². The van der Waals surface area contributed by atoms with E-state index in [4.69, 9.17) is 5.73 Å². The van der Waals surface area contributed by atoms with Crippen LogP contribution in [0.4, 0.5) is 0 Å². The van der Waals surface area contributed by atoms with E-state index in [0.29, 0.717) is 6.42 Å². The maximum Gasteiger partial charge on any atom is 0.217 e. The van der Waals surface area contributed by atoms with Crippen molar-refractivity contribution in [3.63, 3.8) is 0 Å². The molecule has 0 heterocycles. The van der Waals surface area contributed by atoms with Crippen molar-refractivity contribution in [3.8, 4) is 0 Å². The van der Waals surface area contributed by atoms with Gasteiger partial charge in [-0.15, -0.1) is 0 Å². The van der Waals surface area contributed by atoms with Crippen LogP contribution < -0.4 is 5.73 Å². The largest absolute Gasteiger partial charge is 0.412 e. The lowest BCUT2D eigenvalue weighted by atomic mass is 10.0. The van der Waals surface area contributed by atoms with Gasteiger partial charge in [0.05, 0.1) is 0 Å². The highest BCUT2D eigenvalue weighted by Crippen LogP contribution is 2.13. The first-order valence-electron chi connectivity index (χ1n) is 9.05. The Bertz CT molecular complexity index is 207. The Morgan fingerprint density at radius 2 is 0.905 bits per heavy atom. The van der Waals surface area contributed by atoms with Crippen LogP contribution in [0.1, 0.15) is 110 Å². The van der Waals surface area contributed by atoms with Crippen molar-refractivity contribution in [3.05, 3.63) is 0 Å². The molecule has 0 saturated carbocycles. The molecule has 0 atom stereocenters.